The zero-order chi connectivity index (χ0) is 7.72. The SMILES string of the molecule is CC(=O)[C@H]1CO[C@H](O)[C@H]1C. The minimum absolute atomic E-state index is 0.0440. The fraction of sp³-hybridized carbons (Fsp3) is 0.857. The van der Waals surface area contributed by atoms with Crippen molar-refractivity contribution < 1.29 is 14.6 Å². The minimum Gasteiger partial charge on any atom is -0.368 e. The normalized spacial score (nSPS) is 40.1. The second-order valence-electron chi connectivity index (χ2n) is 2.80. The van der Waals surface area contributed by atoms with Crippen molar-refractivity contribution in [2.75, 3.05) is 6.61 Å². The molecule has 10 heavy (non-hydrogen) atoms. The number of Topliss-reactive ketones (excluding diaryl/α,β-unsaturated/α-hetero) is 1. The predicted molar refractivity (Wildman–Crippen MR) is 35.3 cm³/mol. The highest BCUT2D eigenvalue weighted by Crippen LogP contribution is 2.25. The van der Waals surface area contributed by atoms with E-state index >= 15 is 0 Å². The molecule has 0 aromatic rings. The van der Waals surface area contributed by atoms with E-state index in [1.165, 1.54) is 6.92 Å². The average molecular weight is 144 g/mol. The summed E-state index contributed by atoms with van der Waals surface area (Å²) in [5, 5.41) is 9.04. The lowest BCUT2D eigenvalue weighted by Gasteiger charge is -2.10. The molecule has 0 aliphatic carbocycles. The first-order valence-electron chi connectivity index (χ1n) is 3.43. The molecule has 1 saturated heterocycles. The zero-order valence-electron chi connectivity index (χ0n) is 6.20. The Kier molecular flexibility index (Phi) is 2.06. The molecule has 0 bridgehead atoms. The van der Waals surface area contributed by atoms with Crippen LogP contribution < -0.4 is 0 Å². The van der Waals surface area contributed by atoms with Crippen LogP contribution in [-0.4, -0.2) is 23.8 Å². The second-order valence-corrected chi connectivity index (χ2v) is 2.80. The van der Waals surface area contributed by atoms with E-state index in [0.29, 0.717) is 6.61 Å². The van der Waals surface area contributed by atoms with Crippen molar-refractivity contribution in [3.8, 4) is 0 Å². The standard InChI is InChI=1S/C7H12O3/c1-4-6(5(2)8)3-10-7(4)9/h4,6-7,9H,3H2,1-2H3/t4-,6-,7-/m0/s1. The maximum absolute atomic E-state index is 10.8. The average Bonchev–Trinajstić information content (AvgIpc) is 2.14. The van der Waals surface area contributed by atoms with E-state index in [1.54, 1.807) is 0 Å². The van der Waals surface area contributed by atoms with Crippen LogP contribution in [-0.2, 0) is 9.53 Å². The number of aliphatic hydroxyl groups is 1. The third-order valence-electron chi connectivity index (χ3n) is 2.05. The Morgan fingerprint density at radius 3 is 2.50 bits per heavy atom. The van der Waals surface area contributed by atoms with Gasteiger partial charge in [0.2, 0.25) is 0 Å². The topological polar surface area (TPSA) is 46.5 Å². The van der Waals surface area contributed by atoms with Crippen molar-refractivity contribution >= 4 is 5.78 Å². The summed E-state index contributed by atoms with van der Waals surface area (Å²) in [6.07, 6.45) is -0.742. The summed E-state index contributed by atoms with van der Waals surface area (Å²) in [6.45, 7) is 3.73. The maximum Gasteiger partial charge on any atom is 0.157 e. The van der Waals surface area contributed by atoms with Gasteiger partial charge >= 0.3 is 0 Å². The Morgan fingerprint density at radius 2 is 2.30 bits per heavy atom. The lowest BCUT2D eigenvalue weighted by molar-refractivity contribution is -0.121. The molecule has 3 nitrogen and oxygen atoms in total. The van der Waals surface area contributed by atoms with E-state index in [9.17, 15) is 4.79 Å². The van der Waals surface area contributed by atoms with Gasteiger partial charge in [0.05, 0.1) is 6.61 Å². The zero-order valence-corrected chi connectivity index (χ0v) is 6.20. The summed E-state index contributed by atoms with van der Waals surface area (Å²) in [6, 6.07) is 0. The Labute approximate surface area is 60.0 Å². The first kappa shape index (κ1) is 7.69. The molecular weight excluding hydrogens is 132 g/mol. The number of hydrogen-bond donors (Lipinski definition) is 1. The first-order chi connectivity index (χ1) is 4.63. The summed E-state index contributed by atoms with van der Waals surface area (Å²) < 4.78 is 4.87. The summed E-state index contributed by atoms with van der Waals surface area (Å²) in [5.41, 5.74) is 0. The lowest BCUT2D eigenvalue weighted by atomic mass is 9.94. The quantitative estimate of drug-likeness (QED) is 0.571. The van der Waals surface area contributed by atoms with Crippen LogP contribution >= 0.6 is 0 Å². The van der Waals surface area contributed by atoms with Gasteiger partial charge in [0.25, 0.3) is 0 Å². The van der Waals surface area contributed by atoms with Crippen LogP contribution in [0.2, 0.25) is 0 Å². The molecule has 1 heterocycles. The number of aliphatic hydroxyl groups excluding tert-OH is 1. The number of rotatable bonds is 1. The van der Waals surface area contributed by atoms with Gasteiger partial charge in [0, 0.05) is 11.8 Å². The van der Waals surface area contributed by atoms with Gasteiger partial charge in [-0.1, -0.05) is 6.92 Å². The highest BCUT2D eigenvalue weighted by Gasteiger charge is 2.34. The van der Waals surface area contributed by atoms with E-state index in [4.69, 9.17) is 9.84 Å². The van der Waals surface area contributed by atoms with E-state index in [-0.39, 0.29) is 17.6 Å². The van der Waals surface area contributed by atoms with E-state index in [1.807, 2.05) is 6.92 Å². The summed E-state index contributed by atoms with van der Waals surface area (Å²) in [5.74, 6) is -0.0449. The van der Waals surface area contributed by atoms with Crippen molar-refractivity contribution in [2.45, 2.75) is 20.1 Å². The van der Waals surface area contributed by atoms with Gasteiger partial charge in [-0.15, -0.1) is 0 Å². The van der Waals surface area contributed by atoms with Crippen molar-refractivity contribution in [1.29, 1.82) is 0 Å². The highest BCUT2D eigenvalue weighted by atomic mass is 16.6. The van der Waals surface area contributed by atoms with Crippen molar-refractivity contribution in [3.05, 3.63) is 0 Å². The highest BCUT2D eigenvalue weighted by molar-refractivity contribution is 5.78. The summed E-state index contributed by atoms with van der Waals surface area (Å²) in [4.78, 5) is 10.8. The number of carbonyl (C=O) groups is 1. The van der Waals surface area contributed by atoms with Gasteiger partial charge in [-0.2, -0.15) is 0 Å². The van der Waals surface area contributed by atoms with E-state index < -0.39 is 6.29 Å². The van der Waals surface area contributed by atoms with Gasteiger partial charge in [0.1, 0.15) is 5.78 Å². The number of carbonyl (C=O) groups excluding carboxylic acids is 1. The molecule has 1 aliphatic heterocycles. The van der Waals surface area contributed by atoms with Crippen LogP contribution in [0.1, 0.15) is 13.8 Å². The molecular formula is C7H12O3. The molecule has 0 unspecified atom stereocenters. The predicted octanol–water partition coefficient (Wildman–Crippen LogP) is 0.176. The molecule has 0 aromatic heterocycles. The van der Waals surface area contributed by atoms with Gasteiger partial charge in [-0.25, -0.2) is 0 Å². The minimum atomic E-state index is -0.742. The Bertz CT molecular complexity index is 144. The van der Waals surface area contributed by atoms with Crippen LogP contribution in [0.5, 0.6) is 0 Å². The van der Waals surface area contributed by atoms with E-state index in [0.717, 1.165) is 0 Å². The molecule has 1 rings (SSSR count). The third-order valence-corrected chi connectivity index (χ3v) is 2.05. The first-order valence-corrected chi connectivity index (χ1v) is 3.43. The van der Waals surface area contributed by atoms with E-state index in [2.05, 4.69) is 0 Å². The van der Waals surface area contributed by atoms with Crippen LogP contribution in [0, 0.1) is 11.8 Å². The van der Waals surface area contributed by atoms with Gasteiger partial charge in [0.15, 0.2) is 6.29 Å². The second kappa shape index (κ2) is 2.68. The Morgan fingerprint density at radius 1 is 1.70 bits per heavy atom. The molecule has 58 valence electrons. The Balaban J connectivity index is 2.57. The van der Waals surface area contributed by atoms with Crippen LogP contribution in [0.25, 0.3) is 0 Å². The molecule has 1 N–H and O–H groups in total. The molecule has 0 amide bonds. The van der Waals surface area contributed by atoms with Crippen molar-refractivity contribution in [2.24, 2.45) is 11.8 Å². The molecule has 1 aliphatic rings. The smallest absolute Gasteiger partial charge is 0.157 e. The number of ether oxygens (including phenoxy) is 1. The third kappa shape index (κ3) is 1.20. The molecule has 3 atom stereocenters. The van der Waals surface area contributed by atoms with Gasteiger partial charge in [-0.3, -0.25) is 4.79 Å². The molecule has 0 saturated carbocycles. The molecule has 0 radical (unpaired) electrons. The number of hydrogen-bond acceptors (Lipinski definition) is 3. The van der Waals surface area contributed by atoms with Crippen LogP contribution in [0.4, 0.5) is 0 Å². The van der Waals surface area contributed by atoms with Crippen molar-refractivity contribution in [3.63, 3.8) is 0 Å². The van der Waals surface area contributed by atoms with Crippen LogP contribution in [0.15, 0.2) is 0 Å². The maximum atomic E-state index is 10.8. The van der Waals surface area contributed by atoms with Crippen molar-refractivity contribution in [1.82, 2.24) is 0 Å². The summed E-state index contributed by atoms with van der Waals surface area (Å²) >= 11 is 0. The molecule has 0 spiro atoms. The lowest BCUT2D eigenvalue weighted by Crippen LogP contribution is -2.21. The molecule has 1 fully saturated rings. The fourth-order valence-corrected chi connectivity index (χ4v) is 1.19. The number of ketones is 1. The summed E-state index contributed by atoms with van der Waals surface area (Å²) in [7, 11) is 0. The Hall–Kier alpha value is -0.410. The molecule has 3 heteroatoms. The largest absolute Gasteiger partial charge is 0.368 e. The monoisotopic (exact) mass is 144 g/mol. The van der Waals surface area contributed by atoms with Gasteiger partial charge < -0.3 is 9.84 Å². The molecule has 0 aromatic carbocycles. The fourth-order valence-electron chi connectivity index (χ4n) is 1.19. The van der Waals surface area contributed by atoms with Crippen LogP contribution in [0.3, 0.4) is 0 Å². The van der Waals surface area contributed by atoms with Gasteiger partial charge in [-0.05, 0) is 6.92 Å².